The van der Waals surface area contributed by atoms with E-state index in [2.05, 4.69) is 44.8 Å². The van der Waals surface area contributed by atoms with E-state index in [0.717, 1.165) is 38.7 Å². The van der Waals surface area contributed by atoms with Gasteiger partial charge in [-0.2, -0.15) is 0 Å². The van der Waals surface area contributed by atoms with Gasteiger partial charge < -0.3 is 13.7 Å². The Kier molecular flexibility index (Phi) is 3.70. The van der Waals surface area contributed by atoms with Crippen LogP contribution in [-0.4, -0.2) is 23.3 Å². The van der Waals surface area contributed by atoms with E-state index < -0.39 is 7.12 Å². The lowest BCUT2D eigenvalue weighted by Crippen LogP contribution is -2.41. The molecule has 1 saturated heterocycles. The molecular formula is C23H22BNO3. The molecule has 2 aromatic carbocycles. The molecule has 0 unspecified atom stereocenters. The van der Waals surface area contributed by atoms with E-state index in [9.17, 15) is 0 Å². The zero-order chi connectivity index (χ0) is 19.5. The number of pyridine rings is 1. The van der Waals surface area contributed by atoms with Crippen LogP contribution in [0.5, 0.6) is 0 Å². The second-order valence-electron chi connectivity index (χ2n) is 8.37. The minimum absolute atomic E-state index is 0.357. The first-order chi connectivity index (χ1) is 13.3. The Morgan fingerprint density at radius 1 is 0.786 bits per heavy atom. The van der Waals surface area contributed by atoms with E-state index in [1.807, 2.05) is 48.7 Å². The summed E-state index contributed by atoms with van der Waals surface area (Å²) in [6.07, 6.45) is 1.84. The van der Waals surface area contributed by atoms with Gasteiger partial charge in [-0.1, -0.05) is 24.3 Å². The average Bonchev–Trinajstić information content (AvgIpc) is 3.15. The second-order valence-corrected chi connectivity index (χ2v) is 8.37. The molecular weight excluding hydrogens is 349 g/mol. The second kappa shape index (κ2) is 5.93. The van der Waals surface area contributed by atoms with Crippen LogP contribution in [0.15, 0.2) is 65.2 Å². The van der Waals surface area contributed by atoms with E-state index in [4.69, 9.17) is 13.7 Å². The van der Waals surface area contributed by atoms with Crippen LogP contribution in [0, 0.1) is 0 Å². The summed E-state index contributed by atoms with van der Waals surface area (Å²) in [6, 6.07) is 18.3. The average molecular weight is 371 g/mol. The lowest BCUT2D eigenvalue weighted by Gasteiger charge is -2.32. The number of furan rings is 1. The van der Waals surface area contributed by atoms with Gasteiger partial charge in [-0.25, -0.2) is 0 Å². The van der Waals surface area contributed by atoms with Gasteiger partial charge in [0.15, 0.2) is 0 Å². The van der Waals surface area contributed by atoms with Gasteiger partial charge in [-0.15, -0.1) is 0 Å². The minimum Gasteiger partial charge on any atom is -0.456 e. The van der Waals surface area contributed by atoms with Gasteiger partial charge in [0.2, 0.25) is 0 Å². The zero-order valence-corrected chi connectivity index (χ0v) is 16.5. The molecule has 0 amide bonds. The first-order valence-corrected chi connectivity index (χ1v) is 9.57. The third-order valence-electron chi connectivity index (χ3n) is 5.98. The van der Waals surface area contributed by atoms with Crippen LogP contribution in [0.1, 0.15) is 27.7 Å². The maximum absolute atomic E-state index is 6.12. The Balaban J connectivity index is 1.48. The molecule has 0 atom stereocenters. The number of hydrogen-bond donors (Lipinski definition) is 0. The van der Waals surface area contributed by atoms with E-state index in [-0.39, 0.29) is 11.2 Å². The first kappa shape index (κ1) is 17.5. The summed E-state index contributed by atoms with van der Waals surface area (Å²) in [5, 5.41) is 2.22. The Bertz CT molecular complexity index is 1160. The Hall–Kier alpha value is -2.63. The van der Waals surface area contributed by atoms with Gasteiger partial charge in [-0.3, -0.25) is 4.98 Å². The molecule has 4 aromatic rings. The molecule has 1 aliphatic rings. The SMILES string of the molecule is CC1(C)OB(c2ccc(-c3ccc4oc5ccccc5c4c3)nc2)OC1(C)C. The summed E-state index contributed by atoms with van der Waals surface area (Å²) in [4.78, 5) is 4.67. The Morgan fingerprint density at radius 2 is 1.50 bits per heavy atom. The van der Waals surface area contributed by atoms with Gasteiger partial charge >= 0.3 is 7.12 Å². The molecule has 0 bridgehead atoms. The predicted molar refractivity (Wildman–Crippen MR) is 113 cm³/mol. The molecule has 5 heteroatoms. The lowest BCUT2D eigenvalue weighted by atomic mass is 9.80. The predicted octanol–water partition coefficient (Wildman–Crippen LogP) is 4.95. The van der Waals surface area contributed by atoms with Crippen molar-refractivity contribution in [3.63, 3.8) is 0 Å². The number of para-hydroxylation sites is 1. The van der Waals surface area contributed by atoms with Crippen molar-refractivity contribution in [2.45, 2.75) is 38.9 Å². The van der Waals surface area contributed by atoms with Crippen molar-refractivity contribution >= 4 is 34.5 Å². The van der Waals surface area contributed by atoms with Crippen molar-refractivity contribution in [3.05, 3.63) is 60.8 Å². The monoisotopic (exact) mass is 371 g/mol. The molecule has 3 heterocycles. The number of aromatic nitrogens is 1. The topological polar surface area (TPSA) is 44.5 Å². The Morgan fingerprint density at radius 3 is 2.21 bits per heavy atom. The van der Waals surface area contributed by atoms with Crippen LogP contribution in [0.2, 0.25) is 0 Å². The molecule has 1 fully saturated rings. The van der Waals surface area contributed by atoms with Crippen LogP contribution in [0.4, 0.5) is 0 Å². The fourth-order valence-corrected chi connectivity index (χ4v) is 3.58. The van der Waals surface area contributed by atoms with Crippen LogP contribution in [-0.2, 0) is 9.31 Å². The summed E-state index contributed by atoms with van der Waals surface area (Å²) in [6.45, 7) is 8.22. The van der Waals surface area contributed by atoms with Crippen LogP contribution in [0.3, 0.4) is 0 Å². The number of rotatable bonds is 2. The van der Waals surface area contributed by atoms with Crippen LogP contribution in [0.25, 0.3) is 33.2 Å². The lowest BCUT2D eigenvalue weighted by molar-refractivity contribution is 0.00578. The van der Waals surface area contributed by atoms with Gasteiger partial charge in [0.05, 0.1) is 16.9 Å². The highest BCUT2D eigenvalue weighted by molar-refractivity contribution is 6.62. The summed E-state index contributed by atoms with van der Waals surface area (Å²) >= 11 is 0. The molecule has 0 saturated carbocycles. The molecule has 1 aliphatic heterocycles. The van der Waals surface area contributed by atoms with Crippen molar-refractivity contribution in [1.29, 1.82) is 0 Å². The van der Waals surface area contributed by atoms with Gasteiger partial charge in [0.25, 0.3) is 0 Å². The van der Waals surface area contributed by atoms with Crippen molar-refractivity contribution in [2.24, 2.45) is 0 Å². The molecule has 0 radical (unpaired) electrons. The van der Waals surface area contributed by atoms with Crippen molar-refractivity contribution < 1.29 is 13.7 Å². The number of fused-ring (bicyclic) bond motifs is 3. The first-order valence-electron chi connectivity index (χ1n) is 9.57. The molecule has 0 N–H and O–H groups in total. The standard InChI is InChI=1S/C23H22BNO3/c1-22(2)23(3,4)28-24(27-22)16-10-11-19(25-14-16)15-9-12-21-18(13-15)17-7-5-6-8-20(17)26-21/h5-14H,1-4H3. The van der Waals surface area contributed by atoms with Gasteiger partial charge in [-0.05, 0) is 58.0 Å². The third-order valence-corrected chi connectivity index (χ3v) is 5.98. The maximum atomic E-state index is 6.12. The summed E-state index contributed by atoms with van der Waals surface area (Å²) in [5.41, 5.74) is 3.97. The summed E-state index contributed by atoms with van der Waals surface area (Å²) < 4.78 is 18.1. The van der Waals surface area contributed by atoms with Gasteiger partial charge in [0, 0.05) is 28.0 Å². The molecule has 0 spiro atoms. The zero-order valence-electron chi connectivity index (χ0n) is 16.5. The maximum Gasteiger partial charge on any atom is 0.496 e. The van der Waals surface area contributed by atoms with Crippen molar-refractivity contribution in [2.75, 3.05) is 0 Å². The van der Waals surface area contributed by atoms with E-state index in [1.165, 1.54) is 0 Å². The molecule has 28 heavy (non-hydrogen) atoms. The van der Waals surface area contributed by atoms with Crippen molar-refractivity contribution in [3.8, 4) is 11.3 Å². The number of nitrogens with zero attached hydrogens (tertiary/aromatic N) is 1. The number of benzene rings is 2. The molecule has 0 aliphatic carbocycles. The van der Waals surface area contributed by atoms with E-state index in [0.29, 0.717) is 0 Å². The molecule has 4 nitrogen and oxygen atoms in total. The van der Waals surface area contributed by atoms with E-state index >= 15 is 0 Å². The fraction of sp³-hybridized carbons (Fsp3) is 0.261. The van der Waals surface area contributed by atoms with Gasteiger partial charge in [0.1, 0.15) is 11.2 Å². The van der Waals surface area contributed by atoms with Crippen LogP contribution < -0.4 is 5.46 Å². The van der Waals surface area contributed by atoms with Crippen molar-refractivity contribution in [1.82, 2.24) is 4.98 Å². The highest BCUT2D eigenvalue weighted by Gasteiger charge is 2.51. The minimum atomic E-state index is -0.396. The van der Waals surface area contributed by atoms with E-state index in [1.54, 1.807) is 0 Å². The quantitative estimate of drug-likeness (QED) is 0.468. The normalized spacial score (nSPS) is 18.2. The highest BCUT2D eigenvalue weighted by atomic mass is 16.7. The molecule has 2 aromatic heterocycles. The smallest absolute Gasteiger partial charge is 0.456 e. The number of hydrogen-bond acceptors (Lipinski definition) is 4. The fourth-order valence-electron chi connectivity index (χ4n) is 3.58. The third kappa shape index (κ3) is 2.66. The summed E-state index contributed by atoms with van der Waals surface area (Å²) in [7, 11) is -0.396. The molecule has 140 valence electrons. The Labute approximate surface area is 164 Å². The molecule has 5 rings (SSSR count). The summed E-state index contributed by atoms with van der Waals surface area (Å²) in [5.74, 6) is 0. The highest BCUT2D eigenvalue weighted by Crippen LogP contribution is 2.36. The largest absolute Gasteiger partial charge is 0.496 e. The van der Waals surface area contributed by atoms with Crippen LogP contribution >= 0.6 is 0 Å².